The van der Waals surface area contributed by atoms with Crippen LogP contribution in [-0.4, -0.2) is 27.2 Å². The molecule has 0 aromatic rings. The Bertz CT molecular complexity index is 160. The predicted molar refractivity (Wildman–Crippen MR) is 62.7 cm³/mol. The van der Waals surface area contributed by atoms with Gasteiger partial charge in [0.25, 0.3) is 0 Å². The van der Waals surface area contributed by atoms with E-state index in [2.05, 4.69) is 37.3 Å². The zero-order chi connectivity index (χ0) is 9.41. The Morgan fingerprint density at radius 2 is 1.46 bits per heavy atom. The van der Waals surface area contributed by atoms with E-state index in [0.717, 1.165) is 0 Å². The number of hydrogen-bond acceptors (Lipinski definition) is 1. The SMILES string of the molecule is CCCN1[Si](C)(C)CC[Si]1(C)C.[H-].[Li+]. The summed E-state index contributed by atoms with van der Waals surface area (Å²) in [6.07, 6.45) is 1.34. The normalized spacial score (nSPS) is 25.6. The molecule has 4 heteroatoms. The van der Waals surface area contributed by atoms with Gasteiger partial charge in [0.05, 0.1) is 0 Å². The summed E-state index contributed by atoms with van der Waals surface area (Å²) >= 11 is 0. The first-order valence-electron chi connectivity index (χ1n) is 5.18. The van der Waals surface area contributed by atoms with E-state index in [1.54, 1.807) is 12.1 Å². The van der Waals surface area contributed by atoms with Gasteiger partial charge in [-0.05, 0) is 25.1 Å². The quantitative estimate of drug-likeness (QED) is 0.589. The molecule has 0 saturated carbocycles. The number of hydrogen-bond donors (Lipinski definition) is 0. The van der Waals surface area contributed by atoms with E-state index in [4.69, 9.17) is 0 Å². The molecule has 0 N–H and O–H groups in total. The molecule has 0 aliphatic carbocycles. The third kappa shape index (κ3) is 2.97. The summed E-state index contributed by atoms with van der Waals surface area (Å²) in [7, 11) is -1.86. The van der Waals surface area contributed by atoms with Gasteiger partial charge in [-0.3, -0.25) is 0 Å². The van der Waals surface area contributed by atoms with Crippen molar-refractivity contribution in [1.29, 1.82) is 0 Å². The molecule has 1 rings (SSSR count). The molecule has 74 valence electrons. The van der Waals surface area contributed by atoms with Crippen LogP contribution < -0.4 is 18.9 Å². The van der Waals surface area contributed by atoms with Crippen molar-refractivity contribution in [3.8, 4) is 0 Å². The third-order valence-electron chi connectivity index (χ3n) is 3.26. The molecular formula is C9H24LiNSi2. The van der Waals surface area contributed by atoms with Crippen LogP contribution in [0.15, 0.2) is 0 Å². The van der Waals surface area contributed by atoms with Gasteiger partial charge >= 0.3 is 18.9 Å². The van der Waals surface area contributed by atoms with E-state index in [-0.39, 0.29) is 20.3 Å². The van der Waals surface area contributed by atoms with Crippen LogP contribution >= 0.6 is 0 Å². The molecule has 0 aromatic carbocycles. The maximum Gasteiger partial charge on any atom is 1.00 e. The largest absolute Gasteiger partial charge is 1.00 e. The molecule has 0 bridgehead atoms. The van der Waals surface area contributed by atoms with Crippen molar-refractivity contribution in [1.82, 2.24) is 4.23 Å². The maximum absolute atomic E-state index is 2.94. The van der Waals surface area contributed by atoms with E-state index < -0.39 is 16.5 Å². The Morgan fingerprint density at radius 3 is 1.77 bits per heavy atom. The molecule has 0 radical (unpaired) electrons. The van der Waals surface area contributed by atoms with Crippen LogP contribution in [0.5, 0.6) is 0 Å². The van der Waals surface area contributed by atoms with Crippen LogP contribution in [-0.2, 0) is 0 Å². The number of rotatable bonds is 2. The van der Waals surface area contributed by atoms with Crippen LogP contribution in [0.1, 0.15) is 14.8 Å². The summed E-state index contributed by atoms with van der Waals surface area (Å²) in [5.74, 6) is 0. The van der Waals surface area contributed by atoms with Crippen LogP contribution in [0, 0.1) is 0 Å². The topological polar surface area (TPSA) is 3.24 Å². The van der Waals surface area contributed by atoms with Gasteiger partial charge in [0, 0.05) is 0 Å². The second-order valence-electron chi connectivity index (χ2n) is 5.28. The molecule has 1 saturated heterocycles. The van der Waals surface area contributed by atoms with Crippen molar-refractivity contribution in [3.05, 3.63) is 0 Å². The summed E-state index contributed by atoms with van der Waals surface area (Å²) in [5.41, 5.74) is 0. The van der Waals surface area contributed by atoms with E-state index in [1.807, 2.05) is 0 Å². The van der Waals surface area contributed by atoms with E-state index in [0.29, 0.717) is 0 Å². The van der Waals surface area contributed by atoms with Crippen LogP contribution in [0.4, 0.5) is 0 Å². The molecule has 1 fully saturated rings. The zero-order valence-electron chi connectivity index (χ0n) is 11.3. The molecule has 1 aliphatic rings. The minimum absolute atomic E-state index is 0. The van der Waals surface area contributed by atoms with Crippen molar-refractivity contribution in [2.24, 2.45) is 0 Å². The van der Waals surface area contributed by atoms with Crippen molar-refractivity contribution in [2.45, 2.75) is 51.6 Å². The summed E-state index contributed by atoms with van der Waals surface area (Å²) in [5, 5.41) is 0. The Balaban J connectivity index is 0. The standard InChI is InChI=1S/C9H23NSi2.Li.H/c1-6-7-10-11(2,3)8-9-12(10,4)5;;/h6-9H2,1-5H3;;/q;+1;-1. The van der Waals surface area contributed by atoms with E-state index in [9.17, 15) is 0 Å². The fraction of sp³-hybridized carbons (Fsp3) is 1.00. The molecule has 1 aliphatic heterocycles. The average molecular weight is 209 g/mol. The van der Waals surface area contributed by atoms with Gasteiger partial charge in [-0.2, -0.15) is 0 Å². The second kappa shape index (κ2) is 4.67. The van der Waals surface area contributed by atoms with Gasteiger partial charge in [0.1, 0.15) is 16.5 Å². The van der Waals surface area contributed by atoms with Gasteiger partial charge in [0.2, 0.25) is 0 Å². The summed E-state index contributed by atoms with van der Waals surface area (Å²) < 4.78 is 2.94. The van der Waals surface area contributed by atoms with Crippen LogP contribution in [0.25, 0.3) is 0 Å². The Labute approximate surface area is 99.1 Å². The second-order valence-corrected chi connectivity index (χ2v) is 15.1. The molecule has 1 heterocycles. The van der Waals surface area contributed by atoms with Crippen molar-refractivity contribution in [3.63, 3.8) is 0 Å². The van der Waals surface area contributed by atoms with Gasteiger partial charge in [-0.15, -0.1) is 0 Å². The fourth-order valence-electron chi connectivity index (χ4n) is 2.53. The Kier molecular flexibility index (Phi) is 5.03. The maximum atomic E-state index is 2.94. The molecule has 0 unspecified atom stereocenters. The summed E-state index contributed by atoms with van der Waals surface area (Å²) in [6, 6.07) is 3.10. The molecular weight excluding hydrogens is 185 g/mol. The van der Waals surface area contributed by atoms with Crippen molar-refractivity contribution >= 4 is 16.5 Å². The molecule has 0 aromatic heterocycles. The molecule has 13 heavy (non-hydrogen) atoms. The van der Waals surface area contributed by atoms with Gasteiger partial charge in [-0.1, -0.05) is 33.1 Å². The third-order valence-corrected chi connectivity index (χ3v) is 13.7. The number of nitrogens with zero attached hydrogens (tertiary/aromatic N) is 1. The summed E-state index contributed by atoms with van der Waals surface area (Å²) in [4.78, 5) is 0. The average Bonchev–Trinajstić information content (AvgIpc) is 2.13. The molecule has 0 atom stereocenters. The predicted octanol–water partition coefficient (Wildman–Crippen LogP) is 0.239. The minimum Gasteiger partial charge on any atom is -1.00 e. The Hall–Kier alpha value is 0.991. The fourth-order valence-corrected chi connectivity index (χ4v) is 16.8. The molecule has 0 spiro atoms. The molecule has 0 amide bonds. The van der Waals surface area contributed by atoms with E-state index in [1.165, 1.54) is 13.0 Å². The smallest absolute Gasteiger partial charge is 1.00 e. The Morgan fingerprint density at radius 1 is 1.08 bits per heavy atom. The first-order valence-corrected chi connectivity index (χ1v) is 11.5. The van der Waals surface area contributed by atoms with Crippen molar-refractivity contribution in [2.75, 3.05) is 6.54 Å². The molecule has 1 nitrogen and oxygen atoms in total. The minimum atomic E-state index is -0.931. The van der Waals surface area contributed by atoms with Crippen LogP contribution in [0.3, 0.4) is 0 Å². The monoisotopic (exact) mass is 209 g/mol. The van der Waals surface area contributed by atoms with E-state index >= 15 is 0 Å². The summed E-state index contributed by atoms with van der Waals surface area (Å²) in [6.45, 7) is 13.9. The van der Waals surface area contributed by atoms with Gasteiger partial charge in [-0.25, -0.2) is 0 Å². The van der Waals surface area contributed by atoms with Crippen LogP contribution in [0.2, 0.25) is 38.3 Å². The van der Waals surface area contributed by atoms with Crippen molar-refractivity contribution < 1.29 is 20.3 Å². The first-order chi connectivity index (χ1) is 5.40. The van der Waals surface area contributed by atoms with Gasteiger partial charge < -0.3 is 5.66 Å². The first kappa shape index (κ1) is 14.0. The van der Waals surface area contributed by atoms with Gasteiger partial charge in [0.15, 0.2) is 0 Å². The zero-order valence-corrected chi connectivity index (χ0v) is 12.3.